The van der Waals surface area contributed by atoms with Gasteiger partial charge in [0.25, 0.3) is 0 Å². The highest BCUT2D eigenvalue weighted by molar-refractivity contribution is 5.44. The molecule has 0 saturated carbocycles. The lowest BCUT2D eigenvalue weighted by Crippen LogP contribution is -2.18. The first-order valence-corrected chi connectivity index (χ1v) is 6.42. The maximum atomic E-state index is 9.96. The molecule has 2 heteroatoms. The van der Waals surface area contributed by atoms with Gasteiger partial charge in [-0.1, -0.05) is 42.5 Å². The van der Waals surface area contributed by atoms with Crippen molar-refractivity contribution in [2.75, 3.05) is 0 Å². The second kappa shape index (κ2) is 4.83. The van der Waals surface area contributed by atoms with Crippen molar-refractivity contribution in [3.63, 3.8) is 0 Å². The molecular weight excluding hydrogens is 222 g/mol. The van der Waals surface area contributed by atoms with Crippen molar-refractivity contribution in [1.82, 2.24) is 5.32 Å². The van der Waals surface area contributed by atoms with E-state index in [2.05, 4.69) is 35.6 Å². The lowest BCUT2D eigenvalue weighted by molar-refractivity contribution is 0.448. The molecule has 1 unspecified atom stereocenters. The number of aryl methyl sites for hydroxylation is 1. The molecule has 1 atom stereocenters. The number of aromatic hydroxyl groups is 1. The summed E-state index contributed by atoms with van der Waals surface area (Å²) < 4.78 is 0. The molecule has 2 N–H and O–H groups in total. The first-order valence-electron chi connectivity index (χ1n) is 6.42. The van der Waals surface area contributed by atoms with Gasteiger partial charge in [0, 0.05) is 18.2 Å². The molecule has 1 aliphatic rings. The largest absolute Gasteiger partial charge is 0.508 e. The molecule has 2 aromatic rings. The van der Waals surface area contributed by atoms with Gasteiger partial charge in [0.2, 0.25) is 0 Å². The number of benzene rings is 2. The van der Waals surface area contributed by atoms with E-state index in [4.69, 9.17) is 0 Å². The van der Waals surface area contributed by atoms with Gasteiger partial charge in [-0.2, -0.15) is 0 Å². The standard InChI is InChI=1S/C16H17NO/c18-15-8-4-7-13-9-10-14(16(13)15)17-11-12-5-2-1-3-6-12/h1-8,14,17-18H,9-11H2. The third-order valence-electron chi connectivity index (χ3n) is 3.62. The summed E-state index contributed by atoms with van der Waals surface area (Å²) in [5, 5.41) is 13.5. The molecule has 0 fully saturated rings. The fourth-order valence-corrected chi connectivity index (χ4v) is 2.70. The Balaban J connectivity index is 1.74. The zero-order valence-electron chi connectivity index (χ0n) is 10.3. The Morgan fingerprint density at radius 1 is 1.06 bits per heavy atom. The van der Waals surface area contributed by atoms with Crippen LogP contribution in [0.3, 0.4) is 0 Å². The van der Waals surface area contributed by atoms with E-state index in [0.717, 1.165) is 24.9 Å². The molecule has 0 radical (unpaired) electrons. The molecule has 0 aliphatic heterocycles. The Kier molecular flexibility index (Phi) is 3.03. The average Bonchev–Trinajstić information content (AvgIpc) is 2.82. The van der Waals surface area contributed by atoms with Crippen LogP contribution in [0.5, 0.6) is 5.75 Å². The molecule has 2 nitrogen and oxygen atoms in total. The minimum Gasteiger partial charge on any atom is -0.508 e. The van der Waals surface area contributed by atoms with Gasteiger partial charge in [-0.05, 0) is 30.0 Å². The summed E-state index contributed by atoms with van der Waals surface area (Å²) in [5.41, 5.74) is 3.65. The molecule has 0 bridgehead atoms. The van der Waals surface area contributed by atoms with Gasteiger partial charge in [-0.25, -0.2) is 0 Å². The Labute approximate surface area is 107 Å². The molecule has 18 heavy (non-hydrogen) atoms. The lowest BCUT2D eigenvalue weighted by Gasteiger charge is -2.15. The van der Waals surface area contributed by atoms with E-state index in [-0.39, 0.29) is 6.04 Å². The molecule has 0 aromatic heterocycles. The van der Waals surface area contributed by atoms with E-state index in [1.807, 2.05) is 12.1 Å². The summed E-state index contributed by atoms with van der Waals surface area (Å²) in [7, 11) is 0. The van der Waals surface area contributed by atoms with Crippen LogP contribution in [0.2, 0.25) is 0 Å². The predicted octanol–water partition coefficient (Wildman–Crippen LogP) is 3.17. The highest BCUT2D eigenvalue weighted by Gasteiger charge is 2.24. The Bertz CT molecular complexity index is 536. The number of nitrogens with one attached hydrogen (secondary N) is 1. The van der Waals surface area contributed by atoms with Crippen molar-refractivity contribution in [2.24, 2.45) is 0 Å². The van der Waals surface area contributed by atoms with E-state index < -0.39 is 0 Å². The summed E-state index contributed by atoms with van der Waals surface area (Å²) in [6, 6.07) is 16.5. The monoisotopic (exact) mass is 239 g/mol. The minimum absolute atomic E-state index is 0.279. The van der Waals surface area contributed by atoms with Crippen LogP contribution in [0, 0.1) is 0 Å². The lowest BCUT2D eigenvalue weighted by atomic mass is 10.1. The number of phenolic OH excluding ortho intramolecular Hbond substituents is 1. The number of hydrogen-bond acceptors (Lipinski definition) is 2. The van der Waals surface area contributed by atoms with Crippen LogP contribution in [-0.2, 0) is 13.0 Å². The maximum Gasteiger partial charge on any atom is 0.120 e. The van der Waals surface area contributed by atoms with Crippen molar-refractivity contribution < 1.29 is 5.11 Å². The van der Waals surface area contributed by atoms with Gasteiger partial charge in [0.05, 0.1) is 0 Å². The number of fused-ring (bicyclic) bond motifs is 1. The van der Waals surface area contributed by atoms with Crippen molar-refractivity contribution in [3.8, 4) is 5.75 Å². The zero-order valence-corrected chi connectivity index (χ0v) is 10.3. The van der Waals surface area contributed by atoms with E-state index >= 15 is 0 Å². The van der Waals surface area contributed by atoms with Crippen molar-refractivity contribution in [2.45, 2.75) is 25.4 Å². The smallest absolute Gasteiger partial charge is 0.120 e. The van der Waals surface area contributed by atoms with Crippen LogP contribution in [0.15, 0.2) is 48.5 Å². The minimum atomic E-state index is 0.279. The quantitative estimate of drug-likeness (QED) is 0.862. The average molecular weight is 239 g/mol. The molecule has 0 heterocycles. The van der Waals surface area contributed by atoms with Gasteiger partial charge < -0.3 is 10.4 Å². The van der Waals surface area contributed by atoms with Crippen molar-refractivity contribution >= 4 is 0 Å². The summed E-state index contributed by atoms with van der Waals surface area (Å²) in [4.78, 5) is 0. The van der Waals surface area contributed by atoms with E-state index in [9.17, 15) is 5.11 Å². The van der Waals surface area contributed by atoms with Crippen molar-refractivity contribution in [3.05, 3.63) is 65.2 Å². The first-order chi connectivity index (χ1) is 8.84. The second-order valence-corrected chi connectivity index (χ2v) is 4.81. The Morgan fingerprint density at radius 2 is 1.89 bits per heavy atom. The van der Waals surface area contributed by atoms with E-state index in [1.54, 1.807) is 6.07 Å². The number of phenols is 1. The zero-order chi connectivity index (χ0) is 12.4. The van der Waals surface area contributed by atoms with Gasteiger partial charge >= 0.3 is 0 Å². The first kappa shape index (κ1) is 11.3. The van der Waals surface area contributed by atoms with E-state index in [0.29, 0.717) is 5.75 Å². The van der Waals surface area contributed by atoms with Gasteiger partial charge in [-0.3, -0.25) is 0 Å². The molecule has 1 aliphatic carbocycles. The molecule has 92 valence electrons. The fraction of sp³-hybridized carbons (Fsp3) is 0.250. The molecule has 0 amide bonds. The third-order valence-corrected chi connectivity index (χ3v) is 3.62. The third kappa shape index (κ3) is 2.12. The van der Waals surface area contributed by atoms with E-state index in [1.165, 1.54) is 11.1 Å². The summed E-state index contributed by atoms with van der Waals surface area (Å²) in [6.45, 7) is 0.847. The SMILES string of the molecule is Oc1cccc2c1C(NCc1ccccc1)CC2. The van der Waals surface area contributed by atoms with Crippen LogP contribution in [0.4, 0.5) is 0 Å². The molecule has 3 rings (SSSR count). The maximum absolute atomic E-state index is 9.96. The molecule has 2 aromatic carbocycles. The highest BCUT2D eigenvalue weighted by Crippen LogP contribution is 2.37. The number of hydrogen-bond donors (Lipinski definition) is 2. The Morgan fingerprint density at radius 3 is 2.72 bits per heavy atom. The Hall–Kier alpha value is -1.80. The second-order valence-electron chi connectivity index (χ2n) is 4.81. The van der Waals surface area contributed by atoms with Crippen LogP contribution in [0.25, 0.3) is 0 Å². The normalized spacial score (nSPS) is 17.7. The van der Waals surface area contributed by atoms with Gasteiger partial charge in [-0.15, -0.1) is 0 Å². The van der Waals surface area contributed by atoms with Gasteiger partial charge in [0.15, 0.2) is 0 Å². The number of rotatable bonds is 3. The fourth-order valence-electron chi connectivity index (χ4n) is 2.70. The van der Waals surface area contributed by atoms with Crippen LogP contribution in [0.1, 0.15) is 29.2 Å². The molecule has 0 spiro atoms. The summed E-state index contributed by atoms with van der Waals surface area (Å²) in [5.74, 6) is 0.426. The van der Waals surface area contributed by atoms with Gasteiger partial charge in [0.1, 0.15) is 5.75 Å². The van der Waals surface area contributed by atoms with Crippen LogP contribution in [-0.4, -0.2) is 5.11 Å². The highest BCUT2D eigenvalue weighted by atomic mass is 16.3. The topological polar surface area (TPSA) is 32.3 Å². The summed E-state index contributed by atoms with van der Waals surface area (Å²) in [6.07, 6.45) is 2.12. The van der Waals surface area contributed by atoms with Crippen LogP contribution < -0.4 is 5.32 Å². The predicted molar refractivity (Wildman–Crippen MR) is 72.5 cm³/mol. The molecular formula is C16H17NO. The summed E-state index contributed by atoms with van der Waals surface area (Å²) >= 11 is 0. The van der Waals surface area contributed by atoms with Crippen LogP contribution >= 0.6 is 0 Å². The molecule has 0 saturated heterocycles. The van der Waals surface area contributed by atoms with Crippen molar-refractivity contribution in [1.29, 1.82) is 0 Å².